The smallest absolute Gasteiger partial charge is 0.170 e. The van der Waals surface area contributed by atoms with Crippen LogP contribution in [-0.2, 0) is 5.75 Å². The van der Waals surface area contributed by atoms with Gasteiger partial charge in [-0.25, -0.2) is 4.39 Å². The monoisotopic (exact) mass is 270 g/mol. The molecule has 0 saturated carbocycles. The molecule has 0 amide bonds. The summed E-state index contributed by atoms with van der Waals surface area (Å²) in [5, 5.41) is 12.0. The minimum Gasteiger partial charge on any atom is -0.409 e. The molecule has 0 spiro atoms. The first-order valence-electron chi connectivity index (χ1n) is 5.83. The van der Waals surface area contributed by atoms with Gasteiger partial charge in [-0.3, -0.25) is 0 Å². The largest absolute Gasteiger partial charge is 0.409 e. The minimum absolute atomic E-state index is 0.0716. The van der Waals surface area contributed by atoms with Crippen LogP contribution in [0.2, 0.25) is 0 Å². The molecule has 0 aliphatic heterocycles. The number of hydrogen-bond acceptors (Lipinski definition) is 3. The maximum Gasteiger partial charge on any atom is 0.170 e. The molecule has 1 aromatic carbocycles. The second-order valence-corrected chi connectivity index (χ2v) is 5.96. The van der Waals surface area contributed by atoms with E-state index in [1.54, 1.807) is 17.8 Å². The number of hydrogen-bond donors (Lipinski definition) is 2. The highest BCUT2D eigenvalue weighted by atomic mass is 32.2. The molecule has 0 saturated heterocycles. The van der Waals surface area contributed by atoms with Crippen molar-refractivity contribution in [3.05, 3.63) is 35.1 Å². The number of halogens is 1. The van der Waals surface area contributed by atoms with Crippen molar-refractivity contribution in [1.82, 2.24) is 0 Å². The van der Waals surface area contributed by atoms with Crippen LogP contribution >= 0.6 is 11.8 Å². The summed E-state index contributed by atoms with van der Waals surface area (Å²) in [4.78, 5) is 0. The molecule has 0 aliphatic carbocycles. The van der Waals surface area contributed by atoms with Crippen LogP contribution in [0.5, 0.6) is 0 Å². The zero-order valence-electron chi connectivity index (χ0n) is 10.9. The number of rotatable bonds is 5. The summed E-state index contributed by atoms with van der Waals surface area (Å²) in [7, 11) is 0. The van der Waals surface area contributed by atoms with Crippen molar-refractivity contribution >= 4 is 17.6 Å². The molecule has 1 atom stereocenters. The topological polar surface area (TPSA) is 58.6 Å². The third-order valence-electron chi connectivity index (χ3n) is 2.81. The van der Waals surface area contributed by atoms with E-state index in [0.717, 1.165) is 5.56 Å². The third kappa shape index (κ3) is 4.22. The fourth-order valence-corrected chi connectivity index (χ4v) is 2.37. The second kappa shape index (κ2) is 6.64. The van der Waals surface area contributed by atoms with E-state index >= 15 is 0 Å². The summed E-state index contributed by atoms with van der Waals surface area (Å²) in [6, 6.07) is 4.49. The van der Waals surface area contributed by atoms with Crippen LogP contribution < -0.4 is 5.73 Å². The highest BCUT2D eigenvalue weighted by Gasteiger charge is 2.09. The Balaban J connectivity index is 2.81. The lowest BCUT2D eigenvalue weighted by molar-refractivity contribution is 0.318. The van der Waals surface area contributed by atoms with Crippen LogP contribution in [-0.4, -0.2) is 16.3 Å². The molecule has 0 bridgehead atoms. The molecule has 1 aromatic rings. The molecule has 18 heavy (non-hydrogen) atoms. The first kappa shape index (κ1) is 14.8. The van der Waals surface area contributed by atoms with Gasteiger partial charge < -0.3 is 10.9 Å². The molecule has 5 heteroatoms. The van der Waals surface area contributed by atoms with Crippen molar-refractivity contribution in [3.8, 4) is 0 Å². The lowest BCUT2D eigenvalue weighted by Crippen LogP contribution is -2.14. The summed E-state index contributed by atoms with van der Waals surface area (Å²) in [5.74, 6) is 0.847. The summed E-state index contributed by atoms with van der Waals surface area (Å²) < 4.78 is 13.4. The fraction of sp³-hybridized carbons (Fsp3) is 0.462. The molecular formula is C13H19FN2OS. The van der Waals surface area contributed by atoms with E-state index in [0.29, 0.717) is 22.5 Å². The van der Waals surface area contributed by atoms with Crippen LogP contribution in [0.1, 0.15) is 31.9 Å². The average Bonchev–Trinajstić information content (AvgIpc) is 2.34. The van der Waals surface area contributed by atoms with Gasteiger partial charge >= 0.3 is 0 Å². The number of nitrogens with two attached hydrogens (primary N) is 1. The Hall–Kier alpha value is -1.23. The predicted molar refractivity (Wildman–Crippen MR) is 74.5 cm³/mol. The first-order chi connectivity index (χ1) is 8.43. The van der Waals surface area contributed by atoms with Gasteiger partial charge in [-0.05, 0) is 29.7 Å². The molecule has 1 unspecified atom stereocenters. The van der Waals surface area contributed by atoms with Crippen molar-refractivity contribution in [2.45, 2.75) is 31.8 Å². The number of benzene rings is 1. The van der Waals surface area contributed by atoms with Gasteiger partial charge in [0.05, 0.1) is 0 Å². The molecular weight excluding hydrogens is 251 g/mol. The van der Waals surface area contributed by atoms with Gasteiger partial charge in [0.2, 0.25) is 0 Å². The summed E-state index contributed by atoms with van der Waals surface area (Å²) in [5.41, 5.74) is 6.71. The highest BCUT2D eigenvalue weighted by Crippen LogP contribution is 2.24. The van der Waals surface area contributed by atoms with Crippen molar-refractivity contribution in [2.75, 3.05) is 0 Å². The van der Waals surface area contributed by atoms with Crippen LogP contribution in [0.25, 0.3) is 0 Å². The predicted octanol–water partition coefficient (Wildman–Crippen LogP) is 3.20. The molecule has 0 radical (unpaired) electrons. The second-order valence-electron chi connectivity index (χ2n) is 4.59. The number of oxime groups is 1. The van der Waals surface area contributed by atoms with E-state index in [4.69, 9.17) is 10.9 Å². The molecule has 0 aromatic heterocycles. The van der Waals surface area contributed by atoms with Crippen LogP contribution in [0.4, 0.5) is 4.39 Å². The maximum atomic E-state index is 13.4. The van der Waals surface area contributed by atoms with E-state index in [9.17, 15) is 4.39 Å². The highest BCUT2D eigenvalue weighted by molar-refractivity contribution is 7.99. The normalized spacial score (nSPS) is 13.9. The van der Waals surface area contributed by atoms with E-state index in [1.165, 1.54) is 12.1 Å². The standard InChI is InChI=1S/C13H19FN2OS/c1-8(2)9(3)18-7-10-4-11(13(15)16-17)6-12(14)5-10/h4-6,8-9,17H,7H2,1-3H3,(H2,15,16). The van der Waals surface area contributed by atoms with Crippen molar-refractivity contribution in [2.24, 2.45) is 16.8 Å². The van der Waals surface area contributed by atoms with Gasteiger partial charge in [0.15, 0.2) is 5.84 Å². The Labute approximate surface area is 111 Å². The molecule has 3 N–H and O–H groups in total. The summed E-state index contributed by atoms with van der Waals surface area (Å²) >= 11 is 1.76. The van der Waals surface area contributed by atoms with Crippen LogP contribution in [0.15, 0.2) is 23.4 Å². The third-order valence-corrected chi connectivity index (χ3v) is 4.38. The SMILES string of the molecule is CC(C)C(C)SCc1cc(F)cc(/C(N)=N/O)c1. The van der Waals surface area contributed by atoms with Gasteiger partial charge in [0, 0.05) is 16.6 Å². The number of thioether (sulfide) groups is 1. The van der Waals surface area contributed by atoms with Crippen LogP contribution in [0, 0.1) is 11.7 Å². The van der Waals surface area contributed by atoms with E-state index in [2.05, 4.69) is 25.9 Å². The number of amidine groups is 1. The lowest BCUT2D eigenvalue weighted by Gasteiger charge is -2.15. The molecule has 0 aliphatic rings. The molecule has 1 rings (SSSR count). The van der Waals surface area contributed by atoms with Crippen molar-refractivity contribution < 1.29 is 9.60 Å². The molecule has 3 nitrogen and oxygen atoms in total. The number of nitrogens with zero attached hydrogens (tertiary/aromatic N) is 1. The van der Waals surface area contributed by atoms with Gasteiger partial charge in [0.25, 0.3) is 0 Å². The Bertz CT molecular complexity index is 435. The Morgan fingerprint density at radius 3 is 2.61 bits per heavy atom. The lowest BCUT2D eigenvalue weighted by atomic mass is 10.1. The zero-order valence-corrected chi connectivity index (χ0v) is 11.7. The van der Waals surface area contributed by atoms with Crippen LogP contribution in [0.3, 0.4) is 0 Å². The van der Waals surface area contributed by atoms with Gasteiger partial charge in [0.1, 0.15) is 5.82 Å². The Morgan fingerprint density at radius 2 is 2.06 bits per heavy atom. The van der Waals surface area contributed by atoms with E-state index in [-0.39, 0.29) is 11.7 Å². The minimum atomic E-state index is -0.369. The quantitative estimate of drug-likeness (QED) is 0.374. The van der Waals surface area contributed by atoms with E-state index < -0.39 is 0 Å². The summed E-state index contributed by atoms with van der Waals surface area (Å²) in [6.45, 7) is 6.47. The Kier molecular flexibility index (Phi) is 5.47. The van der Waals surface area contributed by atoms with Crippen molar-refractivity contribution in [1.29, 1.82) is 0 Å². The zero-order chi connectivity index (χ0) is 13.7. The van der Waals surface area contributed by atoms with Crippen molar-refractivity contribution in [3.63, 3.8) is 0 Å². The molecule has 100 valence electrons. The molecule has 0 fully saturated rings. The van der Waals surface area contributed by atoms with E-state index in [1.807, 2.05) is 0 Å². The summed E-state index contributed by atoms with van der Waals surface area (Å²) in [6.07, 6.45) is 0. The van der Waals surface area contributed by atoms with Gasteiger partial charge in [-0.15, -0.1) is 0 Å². The average molecular weight is 270 g/mol. The maximum absolute atomic E-state index is 13.4. The Morgan fingerprint density at radius 1 is 1.39 bits per heavy atom. The fourth-order valence-electron chi connectivity index (χ4n) is 1.36. The van der Waals surface area contributed by atoms with Gasteiger partial charge in [-0.2, -0.15) is 11.8 Å². The molecule has 0 heterocycles. The first-order valence-corrected chi connectivity index (χ1v) is 6.88. The van der Waals surface area contributed by atoms with Gasteiger partial charge in [-0.1, -0.05) is 25.9 Å².